The molecule has 1 aromatic heterocycles. The number of fused-ring (bicyclic) bond motifs is 1. The van der Waals surface area contributed by atoms with Crippen LogP contribution in [0.3, 0.4) is 0 Å². The predicted octanol–water partition coefficient (Wildman–Crippen LogP) is 0.535. The summed E-state index contributed by atoms with van der Waals surface area (Å²) in [4.78, 5) is 13.5. The van der Waals surface area contributed by atoms with Crippen molar-refractivity contribution in [2.24, 2.45) is 5.92 Å². The molecule has 0 spiro atoms. The highest BCUT2D eigenvalue weighted by Gasteiger charge is 2.45. The molecule has 2 atom stereocenters. The van der Waals surface area contributed by atoms with Crippen LogP contribution in [0, 0.1) is 12.8 Å². The van der Waals surface area contributed by atoms with Crippen molar-refractivity contribution in [2.75, 3.05) is 31.6 Å². The standard InChI is InChI=1S/C11H16N4/c1-8-3-12-11(13-4-8)15-6-9-5-14(2)7-10(9)15/h3-4,9-10H,5-7H2,1-2H3/t9-,10-/m1/s1. The molecule has 0 aromatic carbocycles. The molecule has 15 heavy (non-hydrogen) atoms. The Morgan fingerprint density at radius 2 is 1.93 bits per heavy atom. The fraction of sp³-hybridized carbons (Fsp3) is 0.636. The summed E-state index contributed by atoms with van der Waals surface area (Å²) in [5, 5.41) is 0. The average molecular weight is 204 g/mol. The molecule has 4 nitrogen and oxygen atoms in total. The van der Waals surface area contributed by atoms with Gasteiger partial charge in [-0.2, -0.15) is 0 Å². The van der Waals surface area contributed by atoms with Gasteiger partial charge in [0.25, 0.3) is 0 Å². The maximum Gasteiger partial charge on any atom is 0.225 e. The van der Waals surface area contributed by atoms with Gasteiger partial charge in [0.2, 0.25) is 5.95 Å². The summed E-state index contributed by atoms with van der Waals surface area (Å²) in [6.45, 7) is 5.53. The Balaban J connectivity index is 1.77. The SMILES string of the molecule is Cc1cnc(N2C[C@H]3CN(C)C[C@H]32)nc1. The van der Waals surface area contributed by atoms with E-state index in [0.29, 0.717) is 6.04 Å². The van der Waals surface area contributed by atoms with E-state index in [1.165, 1.54) is 6.54 Å². The lowest BCUT2D eigenvalue weighted by molar-refractivity contribution is 0.355. The molecule has 0 saturated carbocycles. The Hall–Kier alpha value is -1.16. The highest BCUT2D eigenvalue weighted by Crippen LogP contribution is 2.33. The summed E-state index contributed by atoms with van der Waals surface area (Å²) in [6, 6.07) is 0.651. The fourth-order valence-corrected chi connectivity index (χ4v) is 2.61. The van der Waals surface area contributed by atoms with Crippen molar-refractivity contribution in [3.63, 3.8) is 0 Å². The molecule has 2 saturated heterocycles. The van der Waals surface area contributed by atoms with Gasteiger partial charge in [-0.25, -0.2) is 9.97 Å². The van der Waals surface area contributed by atoms with E-state index in [2.05, 4.69) is 26.8 Å². The zero-order valence-electron chi connectivity index (χ0n) is 9.22. The number of rotatable bonds is 1. The minimum Gasteiger partial charge on any atom is -0.336 e. The molecule has 0 amide bonds. The maximum atomic E-state index is 4.38. The molecule has 3 rings (SSSR count). The van der Waals surface area contributed by atoms with E-state index in [1.54, 1.807) is 0 Å². The maximum absolute atomic E-state index is 4.38. The molecular weight excluding hydrogens is 188 g/mol. The van der Waals surface area contributed by atoms with Crippen molar-refractivity contribution < 1.29 is 0 Å². The van der Waals surface area contributed by atoms with E-state index in [9.17, 15) is 0 Å². The van der Waals surface area contributed by atoms with Crippen LogP contribution < -0.4 is 4.90 Å². The molecule has 2 fully saturated rings. The third kappa shape index (κ3) is 1.40. The molecule has 0 radical (unpaired) electrons. The van der Waals surface area contributed by atoms with Gasteiger partial charge in [-0.1, -0.05) is 0 Å². The molecule has 0 bridgehead atoms. The average Bonchev–Trinajstić information content (AvgIpc) is 2.49. The second kappa shape index (κ2) is 3.17. The van der Waals surface area contributed by atoms with Crippen LogP contribution in [0.1, 0.15) is 5.56 Å². The quantitative estimate of drug-likeness (QED) is 0.668. The lowest BCUT2D eigenvalue weighted by Gasteiger charge is -2.43. The van der Waals surface area contributed by atoms with E-state index in [0.717, 1.165) is 30.5 Å². The van der Waals surface area contributed by atoms with Crippen LogP contribution in [0.5, 0.6) is 0 Å². The molecule has 0 unspecified atom stereocenters. The van der Waals surface area contributed by atoms with Crippen LogP contribution in [-0.4, -0.2) is 47.6 Å². The predicted molar refractivity (Wildman–Crippen MR) is 58.9 cm³/mol. The molecule has 0 N–H and O–H groups in total. The fourth-order valence-electron chi connectivity index (χ4n) is 2.61. The van der Waals surface area contributed by atoms with E-state index >= 15 is 0 Å². The van der Waals surface area contributed by atoms with Crippen molar-refractivity contribution in [1.29, 1.82) is 0 Å². The minimum absolute atomic E-state index is 0.651. The van der Waals surface area contributed by atoms with Crippen molar-refractivity contribution >= 4 is 5.95 Å². The molecule has 80 valence electrons. The number of anilines is 1. The Kier molecular flexibility index (Phi) is 1.92. The number of hydrogen-bond acceptors (Lipinski definition) is 4. The van der Waals surface area contributed by atoms with Gasteiger partial charge in [0.1, 0.15) is 0 Å². The molecule has 3 heterocycles. The van der Waals surface area contributed by atoms with Crippen molar-refractivity contribution in [2.45, 2.75) is 13.0 Å². The number of likely N-dealkylation sites (N-methyl/N-ethyl adjacent to an activating group) is 1. The minimum atomic E-state index is 0.651. The van der Waals surface area contributed by atoms with Gasteiger partial charge in [-0.05, 0) is 19.5 Å². The van der Waals surface area contributed by atoms with Crippen LogP contribution in [0.2, 0.25) is 0 Å². The van der Waals surface area contributed by atoms with Crippen LogP contribution in [0.25, 0.3) is 0 Å². The highest BCUT2D eigenvalue weighted by atomic mass is 15.4. The lowest BCUT2D eigenvalue weighted by atomic mass is 9.93. The van der Waals surface area contributed by atoms with Gasteiger partial charge < -0.3 is 9.80 Å². The van der Waals surface area contributed by atoms with Gasteiger partial charge in [0.15, 0.2) is 0 Å². The molecule has 1 aromatic rings. The molecule has 0 aliphatic carbocycles. The monoisotopic (exact) mass is 204 g/mol. The first kappa shape index (κ1) is 9.09. The Morgan fingerprint density at radius 3 is 2.60 bits per heavy atom. The van der Waals surface area contributed by atoms with Crippen LogP contribution in [0.15, 0.2) is 12.4 Å². The van der Waals surface area contributed by atoms with Crippen LogP contribution >= 0.6 is 0 Å². The second-order valence-corrected chi connectivity index (χ2v) is 4.76. The summed E-state index contributed by atoms with van der Waals surface area (Å²) in [6.07, 6.45) is 3.79. The summed E-state index contributed by atoms with van der Waals surface area (Å²) in [5.41, 5.74) is 1.12. The van der Waals surface area contributed by atoms with E-state index in [-0.39, 0.29) is 0 Å². The lowest BCUT2D eigenvalue weighted by Crippen LogP contribution is -2.56. The van der Waals surface area contributed by atoms with Gasteiger partial charge >= 0.3 is 0 Å². The summed E-state index contributed by atoms with van der Waals surface area (Å²) < 4.78 is 0. The smallest absolute Gasteiger partial charge is 0.225 e. The van der Waals surface area contributed by atoms with Crippen LogP contribution in [-0.2, 0) is 0 Å². The highest BCUT2D eigenvalue weighted by molar-refractivity contribution is 5.38. The first-order valence-electron chi connectivity index (χ1n) is 5.48. The topological polar surface area (TPSA) is 32.3 Å². The van der Waals surface area contributed by atoms with E-state index in [1.807, 2.05) is 19.3 Å². The van der Waals surface area contributed by atoms with E-state index < -0.39 is 0 Å². The number of nitrogens with zero attached hydrogens (tertiary/aromatic N) is 4. The Morgan fingerprint density at radius 1 is 1.20 bits per heavy atom. The number of hydrogen-bond donors (Lipinski definition) is 0. The second-order valence-electron chi connectivity index (χ2n) is 4.76. The third-order valence-corrected chi connectivity index (χ3v) is 3.44. The number of likely N-dealkylation sites (tertiary alicyclic amines) is 1. The van der Waals surface area contributed by atoms with Gasteiger partial charge in [0.05, 0.1) is 6.04 Å². The summed E-state index contributed by atoms with van der Waals surface area (Å²) in [7, 11) is 2.19. The summed E-state index contributed by atoms with van der Waals surface area (Å²) in [5.74, 6) is 1.73. The van der Waals surface area contributed by atoms with Crippen molar-refractivity contribution in [3.8, 4) is 0 Å². The largest absolute Gasteiger partial charge is 0.336 e. The van der Waals surface area contributed by atoms with Crippen molar-refractivity contribution in [1.82, 2.24) is 14.9 Å². The number of aryl methyl sites for hydroxylation is 1. The third-order valence-electron chi connectivity index (χ3n) is 3.44. The van der Waals surface area contributed by atoms with E-state index in [4.69, 9.17) is 0 Å². The van der Waals surface area contributed by atoms with Crippen molar-refractivity contribution in [3.05, 3.63) is 18.0 Å². The van der Waals surface area contributed by atoms with Gasteiger partial charge in [-0.3, -0.25) is 0 Å². The Labute approximate surface area is 89.9 Å². The molecule has 4 heteroatoms. The first-order valence-corrected chi connectivity index (χ1v) is 5.48. The number of aromatic nitrogens is 2. The molecular formula is C11H16N4. The molecule has 2 aliphatic heterocycles. The normalized spacial score (nSPS) is 30.1. The zero-order valence-corrected chi connectivity index (χ0v) is 9.22. The first-order chi connectivity index (χ1) is 7.24. The molecule has 2 aliphatic rings. The van der Waals surface area contributed by atoms with Gasteiger partial charge in [0, 0.05) is 37.9 Å². The zero-order chi connectivity index (χ0) is 10.4. The summed E-state index contributed by atoms with van der Waals surface area (Å²) >= 11 is 0. The van der Waals surface area contributed by atoms with Crippen LogP contribution in [0.4, 0.5) is 5.95 Å². The van der Waals surface area contributed by atoms with Gasteiger partial charge in [-0.15, -0.1) is 0 Å². The Bertz CT molecular complexity index is 361.